The standard InChI is InChI=1S/C33H37Cl2N3O4/c34-24-16-15-23(28(35)20-24)21-38(30(39)17-18-37-32(41)26-13-7-8-14-27(26)33(37)42)29(19-22-9-3-1-4-10-22)31(40)36-25-11-5-2-6-12-25/h1,3-4,7-10,15-16,20,25-27,29H,2,5-6,11-14,17-19,21H2,(H,36,40)/t26-,27+,29?. The molecule has 1 saturated heterocycles. The maximum absolute atomic E-state index is 14.1. The Hall–Kier alpha value is -3.16. The van der Waals surface area contributed by atoms with Gasteiger partial charge in [0.05, 0.1) is 11.8 Å². The summed E-state index contributed by atoms with van der Waals surface area (Å²) in [5, 5.41) is 4.08. The molecule has 7 nitrogen and oxygen atoms in total. The molecule has 2 aromatic rings. The van der Waals surface area contributed by atoms with Crippen molar-refractivity contribution < 1.29 is 19.2 Å². The Kier molecular flexibility index (Phi) is 10.0. The lowest BCUT2D eigenvalue weighted by Crippen LogP contribution is -2.53. The van der Waals surface area contributed by atoms with E-state index in [1.165, 1.54) is 4.90 Å². The van der Waals surface area contributed by atoms with Crippen LogP contribution in [-0.2, 0) is 32.1 Å². The predicted octanol–water partition coefficient (Wildman–Crippen LogP) is 5.72. The van der Waals surface area contributed by atoms with E-state index in [9.17, 15) is 19.2 Å². The van der Waals surface area contributed by atoms with Gasteiger partial charge in [0.15, 0.2) is 0 Å². The third-order valence-electron chi connectivity index (χ3n) is 8.73. The molecule has 0 spiro atoms. The van der Waals surface area contributed by atoms with E-state index < -0.39 is 6.04 Å². The van der Waals surface area contributed by atoms with Gasteiger partial charge in [0, 0.05) is 42.0 Å². The lowest BCUT2D eigenvalue weighted by molar-refractivity contribution is -0.144. The van der Waals surface area contributed by atoms with E-state index in [0.29, 0.717) is 34.9 Å². The van der Waals surface area contributed by atoms with E-state index in [1.807, 2.05) is 42.5 Å². The van der Waals surface area contributed by atoms with Gasteiger partial charge in [-0.1, -0.05) is 91.0 Å². The molecule has 3 atom stereocenters. The molecule has 1 unspecified atom stereocenters. The number of carbonyl (C=O) groups excluding carboxylic acids is 4. The molecule has 1 N–H and O–H groups in total. The molecule has 2 aromatic carbocycles. The van der Waals surface area contributed by atoms with Crippen molar-refractivity contribution in [3.8, 4) is 0 Å². The van der Waals surface area contributed by atoms with Crippen molar-refractivity contribution in [2.45, 2.75) is 76.4 Å². The molecule has 5 rings (SSSR count). The van der Waals surface area contributed by atoms with Gasteiger partial charge >= 0.3 is 0 Å². The monoisotopic (exact) mass is 609 g/mol. The minimum Gasteiger partial charge on any atom is -0.352 e. The second-order valence-corrected chi connectivity index (χ2v) is 12.4. The summed E-state index contributed by atoms with van der Waals surface area (Å²) in [6, 6.07) is 13.9. The van der Waals surface area contributed by atoms with Gasteiger partial charge in [-0.3, -0.25) is 24.1 Å². The van der Waals surface area contributed by atoms with Crippen molar-refractivity contribution in [1.29, 1.82) is 0 Å². The van der Waals surface area contributed by atoms with Gasteiger partial charge in [0.1, 0.15) is 6.04 Å². The van der Waals surface area contributed by atoms with E-state index >= 15 is 0 Å². The Labute approximate surface area is 257 Å². The molecular formula is C33H37Cl2N3O4. The molecule has 9 heteroatoms. The number of nitrogens with one attached hydrogen (secondary N) is 1. The summed E-state index contributed by atoms with van der Waals surface area (Å²) in [5.74, 6) is -1.68. The lowest BCUT2D eigenvalue weighted by atomic mass is 9.85. The first-order chi connectivity index (χ1) is 20.3. The van der Waals surface area contributed by atoms with Crippen LogP contribution < -0.4 is 5.32 Å². The first kappa shape index (κ1) is 30.3. The third kappa shape index (κ3) is 7.07. The largest absolute Gasteiger partial charge is 0.352 e. The molecule has 2 fully saturated rings. The zero-order valence-electron chi connectivity index (χ0n) is 23.6. The molecule has 4 amide bonds. The highest BCUT2D eigenvalue weighted by molar-refractivity contribution is 6.35. The van der Waals surface area contributed by atoms with Gasteiger partial charge in [-0.15, -0.1) is 0 Å². The number of amides is 4. The second kappa shape index (κ2) is 13.9. The van der Waals surface area contributed by atoms with Crippen LogP contribution in [0.2, 0.25) is 10.0 Å². The first-order valence-corrected chi connectivity index (χ1v) is 15.7. The van der Waals surface area contributed by atoms with Crippen molar-refractivity contribution in [3.63, 3.8) is 0 Å². The number of rotatable bonds is 10. The maximum Gasteiger partial charge on any atom is 0.243 e. The fraction of sp³-hybridized carbons (Fsp3) is 0.455. The molecule has 222 valence electrons. The Bertz CT molecular complexity index is 1320. The van der Waals surface area contributed by atoms with E-state index in [4.69, 9.17) is 23.2 Å². The van der Waals surface area contributed by atoms with Crippen LogP contribution in [-0.4, -0.2) is 52.1 Å². The average molecular weight is 611 g/mol. The van der Waals surface area contributed by atoms with Gasteiger partial charge in [-0.25, -0.2) is 0 Å². The number of fused-ring (bicyclic) bond motifs is 1. The fourth-order valence-electron chi connectivity index (χ4n) is 6.37. The number of hydrogen-bond donors (Lipinski definition) is 1. The number of likely N-dealkylation sites (tertiary alicyclic amines) is 1. The molecule has 1 saturated carbocycles. The number of allylic oxidation sites excluding steroid dienone is 2. The molecule has 2 aliphatic carbocycles. The third-order valence-corrected chi connectivity index (χ3v) is 9.31. The smallest absolute Gasteiger partial charge is 0.243 e. The summed E-state index contributed by atoms with van der Waals surface area (Å²) in [4.78, 5) is 56.9. The predicted molar refractivity (Wildman–Crippen MR) is 163 cm³/mol. The van der Waals surface area contributed by atoms with E-state index in [0.717, 1.165) is 37.7 Å². The highest BCUT2D eigenvalue weighted by atomic mass is 35.5. The van der Waals surface area contributed by atoms with Crippen molar-refractivity contribution in [1.82, 2.24) is 15.1 Å². The Morgan fingerprint density at radius 1 is 0.929 bits per heavy atom. The number of nitrogens with zero attached hydrogens (tertiary/aromatic N) is 2. The van der Waals surface area contributed by atoms with Gasteiger partial charge in [0.25, 0.3) is 0 Å². The summed E-state index contributed by atoms with van der Waals surface area (Å²) < 4.78 is 0. The van der Waals surface area contributed by atoms with Gasteiger partial charge < -0.3 is 10.2 Å². The van der Waals surface area contributed by atoms with E-state index in [1.54, 1.807) is 23.1 Å². The van der Waals surface area contributed by atoms with Crippen LogP contribution >= 0.6 is 23.2 Å². The van der Waals surface area contributed by atoms with Crippen molar-refractivity contribution in [2.24, 2.45) is 11.8 Å². The normalized spacial score (nSPS) is 21.2. The van der Waals surface area contributed by atoms with Gasteiger partial charge in [-0.2, -0.15) is 0 Å². The zero-order valence-corrected chi connectivity index (χ0v) is 25.2. The van der Waals surface area contributed by atoms with Crippen LogP contribution in [0.15, 0.2) is 60.7 Å². The van der Waals surface area contributed by atoms with E-state index in [-0.39, 0.29) is 61.0 Å². The molecule has 3 aliphatic rings. The average Bonchev–Trinajstić information content (AvgIpc) is 3.24. The SMILES string of the molecule is O=C(NC1CCCCC1)C(Cc1ccccc1)N(Cc1ccc(Cl)cc1Cl)C(=O)CCN1C(=O)[C@H]2CC=CC[C@H]2C1=O. The van der Waals surface area contributed by atoms with Crippen molar-refractivity contribution in [3.05, 3.63) is 81.9 Å². The van der Waals surface area contributed by atoms with Crippen molar-refractivity contribution in [2.75, 3.05) is 6.54 Å². The number of hydrogen-bond acceptors (Lipinski definition) is 4. The maximum atomic E-state index is 14.1. The molecule has 1 heterocycles. The number of benzene rings is 2. The fourth-order valence-corrected chi connectivity index (χ4v) is 6.84. The minimum atomic E-state index is -0.815. The zero-order chi connectivity index (χ0) is 29.6. The topological polar surface area (TPSA) is 86.8 Å². The number of imide groups is 1. The highest BCUT2D eigenvalue weighted by Gasteiger charge is 2.47. The Morgan fingerprint density at radius 3 is 2.24 bits per heavy atom. The van der Waals surface area contributed by atoms with Crippen LogP contribution in [0.3, 0.4) is 0 Å². The van der Waals surface area contributed by atoms with Crippen LogP contribution in [0, 0.1) is 11.8 Å². The molecular weight excluding hydrogens is 573 g/mol. The minimum absolute atomic E-state index is 0.0172. The summed E-state index contributed by atoms with van der Waals surface area (Å²) in [6.07, 6.45) is 10.3. The summed E-state index contributed by atoms with van der Waals surface area (Å²) in [6.45, 7) is 0.0676. The highest BCUT2D eigenvalue weighted by Crippen LogP contribution is 2.35. The number of carbonyl (C=O) groups is 4. The molecule has 0 aromatic heterocycles. The van der Waals surface area contributed by atoms with Crippen LogP contribution in [0.5, 0.6) is 0 Å². The molecule has 42 heavy (non-hydrogen) atoms. The van der Waals surface area contributed by atoms with Gasteiger partial charge in [0.2, 0.25) is 23.6 Å². The first-order valence-electron chi connectivity index (χ1n) is 14.9. The van der Waals surface area contributed by atoms with Crippen LogP contribution in [0.25, 0.3) is 0 Å². The van der Waals surface area contributed by atoms with Gasteiger partial charge in [-0.05, 0) is 48.9 Å². The Balaban J connectivity index is 1.41. The van der Waals surface area contributed by atoms with E-state index in [2.05, 4.69) is 5.32 Å². The van der Waals surface area contributed by atoms with Crippen LogP contribution in [0.4, 0.5) is 0 Å². The molecule has 0 radical (unpaired) electrons. The number of halogens is 2. The van der Waals surface area contributed by atoms with Crippen LogP contribution in [0.1, 0.15) is 62.5 Å². The Morgan fingerprint density at radius 2 is 1.60 bits per heavy atom. The molecule has 1 aliphatic heterocycles. The summed E-state index contributed by atoms with van der Waals surface area (Å²) in [5.41, 5.74) is 1.58. The second-order valence-electron chi connectivity index (χ2n) is 11.5. The summed E-state index contributed by atoms with van der Waals surface area (Å²) in [7, 11) is 0. The summed E-state index contributed by atoms with van der Waals surface area (Å²) >= 11 is 12.7. The lowest BCUT2D eigenvalue weighted by Gasteiger charge is -2.34. The molecule has 0 bridgehead atoms. The quantitative estimate of drug-likeness (QED) is 0.275. The van der Waals surface area contributed by atoms with Crippen molar-refractivity contribution >= 4 is 46.8 Å².